The molecule has 0 aromatic carbocycles. The van der Waals surface area contributed by atoms with E-state index in [1.54, 1.807) is 0 Å². The summed E-state index contributed by atoms with van der Waals surface area (Å²) in [6.07, 6.45) is -1.48. The van der Waals surface area contributed by atoms with Gasteiger partial charge in [-0.05, 0) is 31.6 Å². The van der Waals surface area contributed by atoms with E-state index < -0.39 is 12.1 Å². The Bertz CT molecular complexity index is 323. The lowest BCUT2D eigenvalue weighted by Gasteiger charge is -2.29. The highest BCUT2D eigenvalue weighted by Gasteiger charge is 2.42. The molecule has 0 bridgehead atoms. The molecule has 1 N–H and O–H groups in total. The van der Waals surface area contributed by atoms with Gasteiger partial charge in [-0.2, -0.15) is 13.2 Å². The van der Waals surface area contributed by atoms with Crippen LogP contribution in [0.15, 0.2) is 0 Å². The highest BCUT2D eigenvalue weighted by Crippen LogP contribution is 2.39. The monoisotopic (exact) mass is 327 g/mol. The Morgan fingerprint density at radius 3 is 2.14 bits per heavy atom. The molecular formula is C15H25ClF3NO. The topological polar surface area (TPSA) is 29.1 Å². The molecule has 1 rings (SSSR count). The Hall–Kier alpha value is -0.450. The molecule has 124 valence electrons. The van der Waals surface area contributed by atoms with E-state index in [-0.39, 0.29) is 30.0 Å². The molecule has 1 atom stereocenters. The summed E-state index contributed by atoms with van der Waals surface area (Å²) in [5, 5.41) is 2.69. The van der Waals surface area contributed by atoms with Crippen LogP contribution in [0.4, 0.5) is 13.2 Å². The summed E-state index contributed by atoms with van der Waals surface area (Å²) >= 11 is 6.25. The third-order valence-corrected chi connectivity index (χ3v) is 5.10. The van der Waals surface area contributed by atoms with Crippen molar-refractivity contribution in [2.75, 3.05) is 6.54 Å². The second-order valence-electron chi connectivity index (χ2n) is 5.93. The Labute approximate surface area is 129 Å². The van der Waals surface area contributed by atoms with Crippen molar-refractivity contribution >= 4 is 17.5 Å². The van der Waals surface area contributed by atoms with Gasteiger partial charge in [0.05, 0.1) is 11.3 Å². The maximum absolute atomic E-state index is 12.6. The summed E-state index contributed by atoms with van der Waals surface area (Å²) in [6.45, 7) is 4.51. The molecule has 1 saturated carbocycles. The molecule has 2 nitrogen and oxygen atoms in total. The van der Waals surface area contributed by atoms with Crippen LogP contribution in [-0.4, -0.2) is 24.0 Å². The van der Waals surface area contributed by atoms with Crippen molar-refractivity contribution in [2.24, 2.45) is 17.8 Å². The zero-order valence-corrected chi connectivity index (χ0v) is 13.4. The van der Waals surface area contributed by atoms with Gasteiger partial charge in [0.25, 0.3) is 0 Å². The van der Waals surface area contributed by atoms with Crippen molar-refractivity contribution in [3.05, 3.63) is 0 Å². The fourth-order valence-electron chi connectivity index (χ4n) is 2.99. The van der Waals surface area contributed by atoms with E-state index in [0.717, 1.165) is 12.8 Å². The fourth-order valence-corrected chi connectivity index (χ4v) is 3.43. The number of nitrogens with one attached hydrogen (secondary N) is 1. The lowest BCUT2D eigenvalue weighted by atomic mass is 9.81. The third kappa shape index (κ3) is 5.68. The van der Waals surface area contributed by atoms with Gasteiger partial charge in [0, 0.05) is 12.5 Å². The zero-order chi connectivity index (χ0) is 16.0. The fraction of sp³-hybridized carbons (Fsp3) is 0.933. The Balaban J connectivity index is 2.34. The van der Waals surface area contributed by atoms with E-state index in [1.165, 1.54) is 0 Å². The van der Waals surface area contributed by atoms with E-state index in [9.17, 15) is 18.0 Å². The largest absolute Gasteiger partial charge is 0.391 e. The Morgan fingerprint density at radius 2 is 1.71 bits per heavy atom. The molecule has 0 radical (unpaired) electrons. The second-order valence-corrected chi connectivity index (χ2v) is 6.49. The minimum absolute atomic E-state index is 0.0540. The minimum Gasteiger partial charge on any atom is -0.354 e. The average molecular weight is 328 g/mol. The van der Waals surface area contributed by atoms with Gasteiger partial charge in [0.1, 0.15) is 0 Å². The summed E-state index contributed by atoms with van der Waals surface area (Å²) in [5.74, 6) is -1.33. The van der Waals surface area contributed by atoms with E-state index in [1.807, 2.05) is 0 Å². The molecule has 0 saturated heterocycles. The zero-order valence-electron chi connectivity index (χ0n) is 12.7. The van der Waals surface area contributed by atoms with Crippen LogP contribution in [0.25, 0.3) is 0 Å². The van der Waals surface area contributed by atoms with Crippen molar-refractivity contribution in [2.45, 2.75) is 63.9 Å². The number of carbonyl (C=O) groups excluding carboxylic acids is 1. The number of hydrogen-bond acceptors (Lipinski definition) is 1. The predicted molar refractivity (Wildman–Crippen MR) is 78.2 cm³/mol. The molecule has 0 spiro atoms. The lowest BCUT2D eigenvalue weighted by Crippen LogP contribution is -2.39. The molecule has 1 aliphatic carbocycles. The van der Waals surface area contributed by atoms with Crippen molar-refractivity contribution in [3.63, 3.8) is 0 Å². The average Bonchev–Trinajstić information content (AvgIpc) is 2.45. The van der Waals surface area contributed by atoms with Gasteiger partial charge >= 0.3 is 6.18 Å². The molecule has 1 unspecified atom stereocenters. The smallest absolute Gasteiger partial charge is 0.354 e. The van der Waals surface area contributed by atoms with Crippen LogP contribution < -0.4 is 5.32 Å². The normalized spacial score (nSPS) is 24.9. The highest BCUT2D eigenvalue weighted by molar-refractivity contribution is 6.21. The van der Waals surface area contributed by atoms with Crippen LogP contribution >= 0.6 is 11.6 Å². The highest BCUT2D eigenvalue weighted by atomic mass is 35.5. The van der Waals surface area contributed by atoms with Crippen LogP contribution in [0, 0.1) is 17.8 Å². The van der Waals surface area contributed by atoms with Crippen LogP contribution in [0.3, 0.4) is 0 Å². The molecular weight excluding hydrogens is 303 g/mol. The van der Waals surface area contributed by atoms with E-state index in [4.69, 9.17) is 11.6 Å². The summed E-state index contributed by atoms with van der Waals surface area (Å²) in [6, 6.07) is 0. The van der Waals surface area contributed by atoms with Crippen LogP contribution in [0.1, 0.15) is 52.4 Å². The van der Waals surface area contributed by atoms with Gasteiger partial charge in [0.15, 0.2) is 0 Å². The molecule has 1 aliphatic rings. The molecule has 0 heterocycles. The molecule has 0 aliphatic heterocycles. The van der Waals surface area contributed by atoms with E-state index in [2.05, 4.69) is 19.2 Å². The summed E-state index contributed by atoms with van der Waals surface area (Å²) in [5.41, 5.74) is 0. The first-order valence-corrected chi connectivity index (χ1v) is 8.21. The minimum atomic E-state index is -4.13. The quantitative estimate of drug-likeness (QED) is 0.714. The Kier molecular flexibility index (Phi) is 7.31. The van der Waals surface area contributed by atoms with Crippen LogP contribution in [0.5, 0.6) is 0 Å². The number of carbonyl (C=O) groups is 1. The summed E-state index contributed by atoms with van der Waals surface area (Å²) in [4.78, 5) is 12.0. The first-order chi connectivity index (χ1) is 9.79. The SMILES string of the molecule is CCC(CC)C(Cl)CNC(=O)C1CCC(C(F)(F)F)CC1. The number of amides is 1. The number of rotatable bonds is 6. The molecule has 21 heavy (non-hydrogen) atoms. The van der Waals surface area contributed by atoms with Gasteiger partial charge in [-0.15, -0.1) is 11.6 Å². The van der Waals surface area contributed by atoms with E-state index >= 15 is 0 Å². The number of hydrogen-bond donors (Lipinski definition) is 1. The van der Waals surface area contributed by atoms with Gasteiger partial charge in [0.2, 0.25) is 5.91 Å². The van der Waals surface area contributed by atoms with Gasteiger partial charge in [-0.1, -0.05) is 26.7 Å². The van der Waals surface area contributed by atoms with Crippen molar-refractivity contribution in [3.8, 4) is 0 Å². The van der Waals surface area contributed by atoms with Crippen molar-refractivity contribution in [1.82, 2.24) is 5.32 Å². The van der Waals surface area contributed by atoms with Gasteiger partial charge in [-0.3, -0.25) is 4.79 Å². The lowest BCUT2D eigenvalue weighted by molar-refractivity contribution is -0.184. The van der Waals surface area contributed by atoms with Crippen LogP contribution in [-0.2, 0) is 4.79 Å². The number of halogens is 4. The number of alkyl halides is 4. The maximum atomic E-state index is 12.6. The van der Waals surface area contributed by atoms with Crippen LogP contribution in [0.2, 0.25) is 0 Å². The van der Waals surface area contributed by atoms with E-state index in [0.29, 0.717) is 25.3 Å². The second kappa shape index (κ2) is 8.25. The molecule has 0 aromatic heterocycles. The van der Waals surface area contributed by atoms with Gasteiger partial charge < -0.3 is 5.32 Å². The first-order valence-electron chi connectivity index (χ1n) is 7.78. The third-order valence-electron chi connectivity index (χ3n) is 4.59. The van der Waals surface area contributed by atoms with Gasteiger partial charge in [-0.25, -0.2) is 0 Å². The predicted octanol–water partition coefficient (Wildman–Crippen LogP) is 4.51. The maximum Gasteiger partial charge on any atom is 0.391 e. The molecule has 6 heteroatoms. The molecule has 1 amide bonds. The Morgan fingerprint density at radius 1 is 1.19 bits per heavy atom. The first kappa shape index (κ1) is 18.6. The molecule has 1 fully saturated rings. The molecule has 0 aromatic rings. The van der Waals surface area contributed by atoms with Crippen molar-refractivity contribution in [1.29, 1.82) is 0 Å². The standard InChI is InChI=1S/C15H25ClF3NO/c1-3-10(4-2)13(16)9-20-14(21)11-5-7-12(8-6-11)15(17,18)19/h10-13H,3-9H2,1-2H3,(H,20,21). The summed E-state index contributed by atoms with van der Waals surface area (Å²) in [7, 11) is 0. The van der Waals surface area contributed by atoms with Crippen molar-refractivity contribution < 1.29 is 18.0 Å². The summed E-state index contributed by atoms with van der Waals surface area (Å²) < 4.78 is 37.7.